The molecule has 3 aliphatic rings. The minimum Gasteiger partial charge on any atom is -0.466 e. The van der Waals surface area contributed by atoms with Crippen LogP contribution in [0.3, 0.4) is 0 Å². The lowest BCUT2D eigenvalue weighted by Crippen LogP contribution is -2.43. The predicted octanol–water partition coefficient (Wildman–Crippen LogP) is 4.05. The molecule has 0 N–H and O–H groups in total. The van der Waals surface area contributed by atoms with E-state index in [9.17, 15) is 14.0 Å². The highest BCUT2D eigenvalue weighted by molar-refractivity contribution is 7.81. The number of nitrogens with zero attached hydrogens (tertiary/aromatic N) is 2. The van der Waals surface area contributed by atoms with Gasteiger partial charge in [-0.2, -0.15) is 12.6 Å². The van der Waals surface area contributed by atoms with Gasteiger partial charge in [0.25, 0.3) is 0 Å². The number of halogens is 1. The average molecular weight is 475 g/mol. The zero-order chi connectivity index (χ0) is 23.4. The number of hydrogen-bond acceptors (Lipinski definition) is 6. The van der Waals surface area contributed by atoms with E-state index in [0.29, 0.717) is 25.3 Å². The van der Waals surface area contributed by atoms with Crippen LogP contribution in [0.4, 0.5) is 4.39 Å². The fourth-order valence-electron chi connectivity index (χ4n) is 5.05. The van der Waals surface area contributed by atoms with Crippen LogP contribution >= 0.6 is 12.6 Å². The standard InChI is InChI=1S/C26H35FN2O3S/c1-2-32-26(31)20-6-5-13-28(16-20)14-11-19-17-29(15-12-23(19)33)24(25(30)18-9-10-18)21-7-3-4-8-22(21)27/h3-4,7-8,11,18,20,23-24,33H,2,5-6,9-10,12-17H2,1H3/b19-11-. The van der Waals surface area contributed by atoms with E-state index in [1.807, 2.05) is 13.0 Å². The van der Waals surface area contributed by atoms with Crippen LogP contribution in [-0.2, 0) is 14.3 Å². The Balaban J connectivity index is 1.46. The molecule has 1 saturated carbocycles. The maximum Gasteiger partial charge on any atom is 0.310 e. The Morgan fingerprint density at radius 3 is 2.70 bits per heavy atom. The maximum atomic E-state index is 14.7. The SMILES string of the molecule is CCOC(=O)C1CCCN(C/C=C2/CN(C(C(=O)C3CC3)c3ccccc3F)CCC2S)C1. The van der Waals surface area contributed by atoms with Gasteiger partial charge in [-0.1, -0.05) is 24.3 Å². The highest BCUT2D eigenvalue weighted by Gasteiger charge is 2.40. The van der Waals surface area contributed by atoms with Crippen molar-refractivity contribution in [2.24, 2.45) is 11.8 Å². The summed E-state index contributed by atoms with van der Waals surface area (Å²) in [6.07, 6.45) is 6.70. The molecular weight excluding hydrogens is 439 g/mol. The van der Waals surface area contributed by atoms with Crippen molar-refractivity contribution in [1.82, 2.24) is 9.80 Å². The Hall–Kier alpha value is -1.70. The Labute approximate surface area is 201 Å². The molecule has 0 amide bonds. The molecule has 1 aromatic rings. The van der Waals surface area contributed by atoms with E-state index in [2.05, 4.69) is 15.9 Å². The molecule has 0 spiro atoms. The summed E-state index contributed by atoms with van der Waals surface area (Å²) in [5.74, 6) is -0.270. The van der Waals surface area contributed by atoms with Gasteiger partial charge in [0.15, 0.2) is 5.78 Å². The van der Waals surface area contributed by atoms with Crippen LogP contribution in [0.5, 0.6) is 0 Å². The zero-order valence-electron chi connectivity index (χ0n) is 19.4. The number of carbonyl (C=O) groups is 2. The number of hydrogen-bond donors (Lipinski definition) is 1. The first-order chi connectivity index (χ1) is 16.0. The first kappa shape index (κ1) is 24.4. The summed E-state index contributed by atoms with van der Waals surface area (Å²) in [6.45, 7) is 6.00. The smallest absolute Gasteiger partial charge is 0.310 e. The number of ether oxygens (including phenoxy) is 1. The summed E-state index contributed by atoms with van der Waals surface area (Å²) in [7, 11) is 0. The number of esters is 1. The summed E-state index contributed by atoms with van der Waals surface area (Å²) in [5, 5.41) is 0.129. The number of likely N-dealkylation sites (tertiary alicyclic amines) is 2. The van der Waals surface area contributed by atoms with E-state index >= 15 is 0 Å². The summed E-state index contributed by atoms with van der Waals surface area (Å²) in [6, 6.07) is 6.14. The number of carbonyl (C=O) groups excluding carboxylic acids is 2. The van der Waals surface area contributed by atoms with E-state index in [1.54, 1.807) is 12.1 Å². The Morgan fingerprint density at radius 1 is 1.18 bits per heavy atom. The summed E-state index contributed by atoms with van der Waals surface area (Å²) in [4.78, 5) is 29.8. The van der Waals surface area contributed by atoms with Crippen LogP contribution in [-0.4, -0.2) is 66.1 Å². The molecule has 4 rings (SSSR count). The third-order valence-corrected chi connectivity index (χ3v) is 7.64. The molecule has 1 aliphatic carbocycles. The van der Waals surface area contributed by atoms with Crippen molar-refractivity contribution < 1.29 is 18.7 Å². The molecule has 5 nitrogen and oxygen atoms in total. The topological polar surface area (TPSA) is 49.9 Å². The van der Waals surface area contributed by atoms with Crippen molar-refractivity contribution in [3.05, 3.63) is 47.3 Å². The molecule has 3 unspecified atom stereocenters. The number of rotatable bonds is 8. The molecule has 0 bridgehead atoms. The molecule has 180 valence electrons. The van der Waals surface area contributed by atoms with Crippen molar-refractivity contribution in [3.8, 4) is 0 Å². The summed E-state index contributed by atoms with van der Waals surface area (Å²) in [5.41, 5.74) is 1.66. The largest absolute Gasteiger partial charge is 0.466 e. The summed E-state index contributed by atoms with van der Waals surface area (Å²) < 4.78 is 19.9. The predicted molar refractivity (Wildman–Crippen MR) is 130 cm³/mol. The quantitative estimate of drug-likeness (QED) is 0.350. The molecule has 2 aliphatic heterocycles. The first-order valence-corrected chi connectivity index (χ1v) is 12.8. The minimum absolute atomic E-state index is 0.0592. The Bertz CT molecular complexity index is 888. The number of piperidine rings is 2. The Kier molecular flexibility index (Phi) is 8.25. The number of Topliss-reactive ketones (excluding diaryl/α,β-unsaturated/α-hetero) is 1. The van der Waals surface area contributed by atoms with Gasteiger partial charge in [-0.15, -0.1) is 0 Å². The lowest BCUT2D eigenvalue weighted by Gasteiger charge is -2.38. The van der Waals surface area contributed by atoms with Crippen LogP contribution in [0, 0.1) is 17.7 Å². The van der Waals surface area contributed by atoms with Crippen LogP contribution in [0.2, 0.25) is 0 Å². The molecule has 3 fully saturated rings. The number of thiol groups is 1. The molecule has 0 aromatic heterocycles. The highest BCUT2D eigenvalue weighted by atomic mass is 32.1. The first-order valence-electron chi connectivity index (χ1n) is 12.3. The second kappa shape index (κ2) is 11.2. The van der Waals surface area contributed by atoms with Crippen LogP contribution in [0.15, 0.2) is 35.9 Å². The molecule has 0 radical (unpaired) electrons. The highest BCUT2D eigenvalue weighted by Crippen LogP contribution is 2.39. The van der Waals surface area contributed by atoms with Crippen molar-refractivity contribution in [2.75, 3.05) is 39.3 Å². The van der Waals surface area contributed by atoms with Gasteiger partial charge < -0.3 is 4.74 Å². The van der Waals surface area contributed by atoms with Crippen molar-refractivity contribution in [3.63, 3.8) is 0 Å². The average Bonchev–Trinajstić information content (AvgIpc) is 3.66. The molecule has 1 aromatic carbocycles. The molecule has 2 saturated heterocycles. The third-order valence-electron chi connectivity index (χ3n) is 7.05. The molecule has 3 atom stereocenters. The molecule has 7 heteroatoms. The van der Waals surface area contributed by atoms with Gasteiger partial charge >= 0.3 is 5.97 Å². The minimum atomic E-state index is -0.536. The molecular formula is C26H35FN2O3S. The fourth-order valence-corrected chi connectivity index (χ4v) is 5.35. The second-order valence-corrected chi connectivity index (χ2v) is 10.1. The van der Waals surface area contributed by atoms with Gasteiger partial charge in [-0.05, 0) is 57.2 Å². The lowest BCUT2D eigenvalue weighted by atomic mass is 9.93. The van der Waals surface area contributed by atoms with Crippen LogP contribution < -0.4 is 0 Å². The zero-order valence-corrected chi connectivity index (χ0v) is 20.3. The fraction of sp³-hybridized carbons (Fsp3) is 0.615. The normalized spacial score (nSPS) is 26.8. The van der Waals surface area contributed by atoms with Gasteiger partial charge in [0, 0.05) is 42.9 Å². The molecule has 33 heavy (non-hydrogen) atoms. The lowest BCUT2D eigenvalue weighted by molar-refractivity contribution is -0.149. The summed E-state index contributed by atoms with van der Waals surface area (Å²) >= 11 is 4.81. The van der Waals surface area contributed by atoms with E-state index in [-0.39, 0.29) is 34.7 Å². The van der Waals surface area contributed by atoms with Gasteiger partial charge in [0.2, 0.25) is 0 Å². The van der Waals surface area contributed by atoms with Crippen molar-refractivity contribution in [1.29, 1.82) is 0 Å². The van der Waals surface area contributed by atoms with E-state index in [0.717, 1.165) is 51.7 Å². The van der Waals surface area contributed by atoms with Crippen LogP contribution in [0.25, 0.3) is 0 Å². The van der Waals surface area contributed by atoms with Crippen molar-refractivity contribution >= 4 is 24.4 Å². The van der Waals surface area contributed by atoms with Gasteiger partial charge in [0.1, 0.15) is 5.82 Å². The van der Waals surface area contributed by atoms with Crippen LogP contribution in [0.1, 0.15) is 50.6 Å². The Morgan fingerprint density at radius 2 is 1.97 bits per heavy atom. The molecule has 2 heterocycles. The van der Waals surface area contributed by atoms with Gasteiger partial charge in [-0.3, -0.25) is 19.4 Å². The van der Waals surface area contributed by atoms with E-state index in [1.165, 1.54) is 11.6 Å². The van der Waals surface area contributed by atoms with E-state index < -0.39 is 6.04 Å². The van der Waals surface area contributed by atoms with Crippen molar-refractivity contribution in [2.45, 2.75) is 50.3 Å². The van der Waals surface area contributed by atoms with Gasteiger partial charge in [-0.25, -0.2) is 4.39 Å². The monoisotopic (exact) mass is 474 g/mol. The maximum absolute atomic E-state index is 14.7. The third kappa shape index (κ3) is 6.06. The second-order valence-electron chi connectivity index (χ2n) is 9.51. The number of benzene rings is 1. The van der Waals surface area contributed by atoms with E-state index in [4.69, 9.17) is 17.4 Å². The number of ketones is 1. The van der Waals surface area contributed by atoms with Gasteiger partial charge in [0.05, 0.1) is 18.6 Å².